The molecular weight excluding hydrogens is 424 g/mol. The number of aromatic nitrogens is 5. The van der Waals surface area contributed by atoms with Gasteiger partial charge in [0.25, 0.3) is 5.56 Å². The van der Waals surface area contributed by atoms with Gasteiger partial charge in [0.15, 0.2) is 0 Å². The highest BCUT2D eigenvalue weighted by atomic mass is 16.5. The SMILES string of the molecule is CC(C)c1ccc(-c2noc(CCC(=O)Nc3cnc4c(c3)c(=O)n(C)c(=O)n4C)n2)cc1. The molecule has 170 valence electrons. The zero-order valence-corrected chi connectivity index (χ0v) is 18.8. The topological polar surface area (TPSA) is 125 Å². The summed E-state index contributed by atoms with van der Waals surface area (Å²) in [5, 5.41) is 6.95. The summed E-state index contributed by atoms with van der Waals surface area (Å²) in [4.78, 5) is 45.3. The van der Waals surface area contributed by atoms with Gasteiger partial charge in [0, 0.05) is 32.5 Å². The molecule has 0 bridgehead atoms. The fourth-order valence-corrected chi connectivity index (χ4v) is 3.47. The van der Waals surface area contributed by atoms with Crippen LogP contribution in [0.15, 0.2) is 50.6 Å². The van der Waals surface area contributed by atoms with Crippen molar-refractivity contribution in [1.82, 2.24) is 24.3 Å². The zero-order chi connectivity index (χ0) is 23.7. The summed E-state index contributed by atoms with van der Waals surface area (Å²) >= 11 is 0. The highest BCUT2D eigenvalue weighted by molar-refractivity contribution is 5.92. The molecule has 1 amide bonds. The molecule has 0 fully saturated rings. The van der Waals surface area contributed by atoms with E-state index in [1.807, 2.05) is 24.3 Å². The molecule has 0 aliphatic heterocycles. The lowest BCUT2D eigenvalue weighted by Gasteiger charge is -2.09. The van der Waals surface area contributed by atoms with Gasteiger partial charge in [-0.2, -0.15) is 4.98 Å². The third kappa shape index (κ3) is 4.45. The molecule has 3 aromatic heterocycles. The van der Waals surface area contributed by atoms with Crippen LogP contribution < -0.4 is 16.6 Å². The van der Waals surface area contributed by atoms with E-state index in [-0.39, 0.29) is 29.8 Å². The van der Waals surface area contributed by atoms with Crippen LogP contribution in [-0.2, 0) is 25.3 Å². The van der Waals surface area contributed by atoms with Crippen LogP contribution >= 0.6 is 0 Å². The van der Waals surface area contributed by atoms with Crippen molar-refractivity contribution < 1.29 is 9.32 Å². The van der Waals surface area contributed by atoms with Gasteiger partial charge in [0.05, 0.1) is 17.3 Å². The Morgan fingerprint density at radius 3 is 2.55 bits per heavy atom. The van der Waals surface area contributed by atoms with E-state index in [0.717, 1.165) is 10.1 Å². The summed E-state index contributed by atoms with van der Waals surface area (Å²) in [6.45, 7) is 4.25. The van der Waals surface area contributed by atoms with E-state index < -0.39 is 11.2 Å². The van der Waals surface area contributed by atoms with Crippen molar-refractivity contribution in [3.05, 3.63) is 68.8 Å². The van der Waals surface area contributed by atoms with Crippen LogP contribution in [-0.4, -0.2) is 30.2 Å². The van der Waals surface area contributed by atoms with Crippen LogP contribution in [0.5, 0.6) is 0 Å². The zero-order valence-electron chi connectivity index (χ0n) is 18.8. The first-order chi connectivity index (χ1) is 15.7. The van der Waals surface area contributed by atoms with Gasteiger partial charge in [-0.15, -0.1) is 0 Å². The molecule has 4 rings (SSSR count). The number of rotatable bonds is 6. The molecule has 0 saturated heterocycles. The van der Waals surface area contributed by atoms with Gasteiger partial charge in [-0.3, -0.25) is 18.7 Å². The number of hydrogen-bond donors (Lipinski definition) is 1. The Bertz CT molecular complexity index is 1450. The van der Waals surface area contributed by atoms with Gasteiger partial charge in [0.2, 0.25) is 17.6 Å². The summed E-state index contributed by atoms with van der Waals surface area (Å²) in [6.07, 6.45) is 1.78. The molecule has 3 heterocycles. The second-order valence-corrected chi connectivity index (χ2v) is 8.14. The first-order valence-corrected chi connectivity index (χ1v) is 10.5. The number of nitrogens with zero attached hydrogens (tertiary/aromatic N) is 5. The van der Waals surface area contributed by atoms with Crippen LogP contribution in [0.3, 0.4) is 0 Å². The molecule has 10 heteroatoms. The molecule has 0 atom stereocenters. The molecule has 0 aliphatic rings. The van der Waals surface area contributed by atoms with Crippen molar-refractivity contribution in [3.63, 3.8) is 0 Å². The number of amides is 1. The summed E-state index contributed by atoms with van der Waals surface area (Å²) in [5.74, 6) is 0.972. The number of fused-ring (bicyclic) bond motifs is 1. The van der Waals surface area contributed by atoms with E-state index in [9.17, 15) is 14.4 Å². The minimum Gasteiger partial charge on any atom is -0.339 e. The van der Waals surface area contributed by atoms with E-state index in [0.29, 0.717) is 23.3 Å². The highest BCUT2D eigenvalue weighted by Crippen LogP contribution is 2.21. The fourth-order valence-electron chi connectivity index (χ4n) is 3.47. The van der Waals surface area contributed by atoms with Crippen molar-refractivity contribution >= 4 is 22.6 Å². The standard InChI is InChI=1S/C23H24N6O4/c1-13(2)14-5-7-15(8-6-14)20-26-19(33-27-20)10-9-18(30)25-16-11-17-21(24-12-16)28(3)23(32)29(4)22(17)31/h5-8,11-13H,9-10H2,1-4H3,(H,25,30). The molecule has 4 aromatic rings. The summed E-state index contributed by atoms with van der Waals surface area (Å²) < 4.78 is 7.56. The van der Waals surface area contributed by atoms with Crippen molar-refractivity contribution in [3.8, 4) is 11.4 Å². The second-order valence-electron chi connectivity index (χ2n) is 8.14. The van der Waals surface area contributed by atoms with Gasteiger partial charge in [-0.1, -0.05) is 43.3 Å². The maximum atomic E-state index is 12.4. The fraction of sp³-hybridized carbons (Fsp3) is 0.304. The lowest BCUT2D eigenvalue weighted by Crippen LogP contribution is -2.37. The Kier molecular flexibility index (Phi) is 5.91. The van der Waals surface area contributed by atoms with Crippen molar-refractivity contribution in [2.45, 2.75) is 32.6 Å². The molecule has 1 N–H and O–H groups in total. The first kappa shape index (κ1) is 22.1. The van der Waals surface area contributed by atoms with E-state index in [1.165, 1.54) is 36.5 Å². The molecule has 0 spiro atoms. The van der Waals surface area contributed by atoms with Crippen molar-refractivity contribution in [2.24, 2.45) is 14.1 Å². The molecule has 0 aliphatic carbocycles. The third-order valence-electron chi connectivity index (χ3n) is 5.45. The lowest BCUT2D eigenvalue weighted by atomic mass is 10.0. The van der Waals surface area contributed by atoms with Crippen LogP contribution in [0.4, 0.5) is 5.69 Å². The largest absolute Gasteiger partial charge is 0.339 e. The third-order valence-corrected chi connectivity index (χ3v) is 5.45. The predicted octanol–water partition coefficient (Wildman–Crippen LogP) is 2.38. The molecular formula is C23H24N6O4. The number of aryl methyl sites for hydroxylation is 2. The van der Waals surface area contributed by atoms with Crippen LogP contribution in [0.2, 0.25) is 0 Å². The molecule has 0 radical (unpaired) electrons. The maximum absolute atomic E-state index is 12.4. The molecule has 10 nitrogen and oxygen atoms in total. The molecule has 33 heavy (non-hydrogen) atoms. The second kappa shape index (κ2) is 8.81. The van der Waals surface area contributed by atoms with Gasteiger partial charge >= 0.3 is 5.69 Å². The normalized spacial score (nSPS) is 11.3. The van der Waals surface area contributed by atoms with E-state index in [4.69, 9.17) is 4.52 Å². The van der Waals surface area contributed by atoms with E-state index in [2.05, 4.69) is 34.3 Å². The van der Waals surface area contributed by atoms with Gasteiger partial charge < -0.3 is 9.84 Å². The van der Waals surface area contributed by atoms with Crippen LogP contribution in [0.1, 0.15) is 37.6 Å². The number of carbonyl (C=O) groups excluding carboxylic acids is 1. The Balaban J connectivity index is 1.42. The van der Waals surface area contributed by atoms with Crippen molar-refractivity contribution in [1.29, 1.82) is 0 Å². The van der Waals surface area contributed by atoms with E-state index in [1.54, 1.807) is 0 Å². The Hall–Kier alpha value is -4.08. The smallest absolute Gasteiger partial charge is 0.332 e. The number of anilines is 1. The van der Waals surface area contributed by atoms with Gasteiger partial charge in [0.1, 0.15) is 5.65 Å². The van der Waals surface area contributed by atoms with Gasteiger partial charge in [-0.05, 0) is 17.5 Å². The lowest BCUT2D eigenvalue weighted by molar-refractivity contribution is -0.116. The van der Waals surface area contributed by atoms with Crippen molar-refractivity contribution in [2.75, 3.05) is 5.32 Å². The number of benzene rings is 1. The molecule has 0 saturated carbocycles. The monoisotopic (exact) mass is 448 g/mol. The summed E-state index contributed by atoms with van der Waals surface area (Å²) in [5.41, 5.74) is 1.74. The molecule has 0 unspecified atom stereocenters. The van der Waals surface area contributed by atoms with Crippen LogP contribution in [0, 0.1) is 0 Å². The maximum Gasteiger partial charge on any atom is 0.332 e. The van der Waals surface area contributed by atoms with E-state index >= 15 is 0 Å². The average Bonchev–Trinajstić information content (AvgIpc) is 3.29. The average molecular weight is 448 g/mol. The Morgan fingerprint density at radius 2 is 1.85 bits per heavy atom. The number of carbonyl (C=O) groups is 1. The Morgan fingerprint density at radius 1 is 1.12 bits per heavy atom. The minimum atomic E-state index is -0.475. The number of hydrogen-bond acceptors (Lipinski definition) is 7. The first-order valence-electron chi connectivity index (χ1n) is 10.5. The minimum absolute atomic E-state index is 0.108. The Labute approximate surface area is 188 Å². The van der Waals surface area contributed by atoms with Gasteiger partial charge in [-0.25, -0.2) is 9.78 Å². The van der Waals surface area contributed by atoms with Crippen LogP contribution in [0.25, 0.3) is 22.4 Å². The predicted molar refractivity (Wildman–Crippen MR) is 123 cm³/mol. The molecule has 1 aromatic carbocycles. The number of pyridine rings is 1. The summed E-state index contributed by atoms with van der Waals surface area (Å²) in [6, 6.07) is 9.47. The quantitative estimate of drug-likeness (QED) is 0.480. The highest BCUT2D eigenvalue weighted by Gasteiger charge is 2.14. The number of nitrogens with one attached hydrogen (secondary N) is 1. The summed E-state index contributed by atoms with van der Waals surface area (Å²) in [7, 11) is 2.93.